The maximum Gasteiger partial charge on any atom is 0.0940 e. The fourth-order valence-corrected chi connectivity index (χ4v) is 1.47. The number of aromatic nitrogens is 2. The molecule has 2 rings (SSSR count). The first kappa shape index (κ1) is 8.73. The molecule has 2 aromatic rings. The van der Waals surface area contributed by atoms with Crippen LogP contribution in [0.5, 0.6) is 0 Å². The van der Waals surface area contributed by atoms with Crippen molar-refractivity contribution in [2.45, 2.75) is 12.5 Å². The van der Waals surface area contributed by atoms with Gasteiger partial charge in [0.25, 0.3) is 0 Å². The Kier molecular flexibility index (Phi) is 2.17. The largest absolute Gasteiger partial charge is 0.387 e. The van der Waals surface area contributed by atoms with Gasteiger partial charge in [0.2, 0.25) is 0 Å². The Morgan fingerprint density at radius 3 is 3.21 bits per heavy atom. The number of aliphatic hydroxyl groups excluding tert-OH is 1. The molecule has 14 heavy (non-hydrogen) atoms. The van der Waals surface area contributed by atoms with Crippen molar-refractivity contribution >= 4 is 10.9 Å². The fraction of sp³-hybridized carbons (Fsp3) is 0.200. The first-order valence-electron chi connectivity index (χ1n) is 4.30. The van der Waals surface area contributed by atoms with Crippen LogP contribution in [-0.4, -0.2) is 15.3 Å². The Morgan fingerprint density at radius 2 is 2.43 bits per heavy atom. The standard InChI is InChI=1S/C10H9N3O/c11-5-4-9(14)8-3-1-2-7-6-12-13-10(7)8/h1-3,6,9,14H,4H2,(H,12,13). The predicted molar refractivity (Wildman–Crippen MR) is 51.3 cm³/mol. The van der Waals surface area contributed by atoms with Gasteiger partial charge in [-0.15, -0.1) is 0 Å². The van der Waals surface area contributed by atoms with Crippen molar-refractivity contribution in [3.8, 4) is 6.07 Å². The summed E-state index contributed by atoms with van der Waals surface area (Å²) in [5.74, 6) is 0. The Bertz CT molecular complexity index is 483. The quantitative estimate of drug-likeness (QED) is 0.748. The van der Waals surface area contributed by atoms with Crippen LogP contribution in [0.1, 0.15) is 18.1 Å². The summed E-state index contributed by atoms with van der Waals surface area (Å²) < 4.78 is 0. The monoisotopic (exact) mass is 187 g/mol. The van der Waals surface area contributed by atoms with E-state index in [1.54, 1.807) is 12.3 Å². The molecule has 0 aliphatic carbocycles. The SMILES string of the molecule is N#CCC(O)c1cccc2cn[nH]c12. The molecule has 4 nitrogen and oxygen atoms in total. The molecule has 1 aromatic carbocycles. The number of rotatable bonds is 2. The lowest BCUT2D eigenvalue weighted by Crippen LogP contribution is -1.96. The zero-order valence-electron chi connectivity index (χ0n) is 7.44. The smallest absolute Gasteiger partial charge is 0.0940 e. The van der Waals surface area contributed by atoms with E-state index >= 15 is 0 Å². The number of nitrogens with one attached hydrogen (secondary N) is 1. The van der Waals surface area contributed by atoms with Crippen LogP contribution in [-0.2, 0) is 0 Å². The van der Waals surface area contributed by atoms with Crippen LogP contribution in [0.15, 0.2) is 24.4 Å². The highest BCUT2D eigenvalue weighted by molar-refractivity contribution is 5.81. The van der Waals surface area contributed by atoms with Gasteiger partial charge < -0.3 is 5.11 Å². The van der Waals surface area contributed by atoms with Crippen molar-refractivity contribution in [2.24, 2.45) is 0 Å². The van der Waals surface area contributed by atoms with Gasteiger partial charge in [0.1, 0.15) is 0 Å². The predicted octanol–water partition coefficient (Wildman–Crippen LogP) is 1.51. The van der Waals surface area contributed by atoms with Gasteiger partial charge in [-0.3, -0.25) is 5.10 Å². The van der Waals surface area contributed by atoms with Crippen molar-refractivity contribution in [3.63, 3.8) is 0 Å². The van der Waals surface area contributed by atoms with Crippen molar-refractivity contribution in [1.29, 1.82) is 5.26 Å². The highest BCUT2D eigenvalue weighted by atomic mass is 16.3. The van der Waals surface area contributed by atoms with Gasteiger partial charge in [-0.25, -0.2) is 0 Å². The third-order valence-electron chi connectivity index (χ3n) is 2.15. The number of hydrogen-bond donors (Lipinski definition) is 2. The van der Waals surface area contributed by atoms with E-state index in [2.05, 4.69) is 10.2 Å². The lowest BCUT2D eigenvalue weighted by molar-refractivity contribution is 0.185. The molecule has 0 saturated carbocycles. The number of benzene rings is 1. The molecule has 0 spiro atoms. The lowest BCUT2D eigenvalue weighted by Gasteiger charge is -2.06. The van der Waals surface area contributed by atoms with Gasteiger partial charge >= 0.3 is 0 Å². The van der Waals surface area contributed by atoms with Gasteiger partial charge in [0, 0.05) is 10.9 Å². The van der Waals surface area contributed by atoms with Crippen LogP contribution in [0.2, 0.25) is 0 Å². The minimum Gasteiger partial charge on any atom is -0.387 e. The van der Waals surface area contributed by atoms with E-state index in [9.17, 15) is 5.11 Å². The Balaban J connectivity index is 2.51. The Morgan fingerprint density at radius 1 is 1.57 bits per heavy atom. The average molecular weight is 187 g/mol. The van der Waals surface area contributed by atoms with Crippen molar-refractivity contribution in [3.05, 3.63) is 30.0 Å². The molecule has 1 unspecified atom stereocenters. The summed E-state index contributed by atoms with van der Waals surface area (Å²) in [7, 11) is 0. The number of fused-ring (bicyclic) bond motifs is 1. The van der Waals surface area contributed by atoms with E-state index in [4.69, 9.17) is 5.26 Å². The first-order chi connectivity index (χ1) is 6.83. The second-order valence-electron chi connectivity index (χ2n) is 3.06. The molecular weight excluding hydrogens is 178 g/mol. The molecule has 4 heteroatoms. The second kappa shape index (κ2) is 3.48. The first-order valence-corrected chi connectivity index (χ1v) is 4.30. The van der Waals surface area contributed by atoms with Gasteiger partial charge in [0.05, 0.1) is 30.3 Å². The topological polar surface area (TPSA) is 72.7 Å². The molecule has 70 valence electrons. The minimum atomic E-state index is -0.746. The lowest BCUT2D eigenvalue weighted by atomic mass is 10.0. The summed E-state index contributed by atoms with van der Waals surface area (Å²) in [5, 5.41) is 25.8. The number of para-hydroxylation sites is 1. The Labute approximate surface area is 80.8 Å². The fourth-order valence-electron chi connectivity index (χ4n) is 1.47. The zero-order valence-corrected chi connectivity index (χ0v) is 7.44. The van der Waals surface area contributed by atoms with E-state index in [1.165, 1.54) is 0 Å². The zero-order chi connectivity index (χ0) is 9.97. The van der Waals surface area contributed by atoms with Crippen LogP contribution < -0.4 is 0 Å². The number of nitriles is 1. The average Bonchev–Trinajstić information content (AvgIpc) is 2.65. The summed E-state index contributed by atoms with van der Waals surface area (Å²) in [4.78, 5) is 0. The van der Waals surface area contributed by atoms with Crippen LogP contribution in [0.4, 0.5) is 0 Å². The van der Waals surface area contributed by atoms with E-state index < -0.39 is 6.10 Å². The maximum absolute atomic E-state index is 9.67. The summed E-state index contributed by atoms with van der Waals surface area (Å²) >= 11 is 0. The summed E-state index contributed by atoms with van der Waals surface area (Å²) in [6.07, 6.45) is 1.04. The number of hydrogen-bond acceptors (Lipinski definition) is 3. The number of H-pyrrole nitrogens is 1. The maximum atomic E-state index is 9.67. The normalized spacial score (nSPS) is 12.6. The van der Waals surface area contributed by atoms with Crippen LogP contribution in [0.25, 0.3) is 10.9 Å². The summed E-state index contributed by atoms with van der Waals surface area (Å²) in [6, 6.07) is 7.48. The molecular formula is C10H9N3O. The van der Waals surface area contributed by atoms with E-state index in [0.29, 0.717) is 0 Å². The van der Waals surface area contributed by atoms with Crippen LogP contribution in [0, 0.1) is 11.3 Å². The Hall–Kier alpha value is -1.86. The van der Waals surface area contributed by atoms with Gasteiger partial charge in [0.15, 0.2) is 0 Å². The van der Waals surface area contributed by atoms with Crippen molar-refractivity contribution < 1.29 is 5.11 Å². The molecule has 0 aliphatic heterocycles. The van der Waals surface area contributed by atoms with Crippen LogP contribution in [0.3, 0.4) is 0 Å². The molecule has 0 bridgehead atoms. The van der Waals surface area contributed by atoms with Gasteiger partial charge in [-0.05, 0) is 0 Å². The van der Waals surface area contributed by atoms with Crippen LogP contribution >= 0.6 is 0 Å². The molecule has 2 N–H and O–H groups in total. The third-order valence-corrected chi connectivity index (χ3v) is 2.15. The molecule has 0 fully saturated rings. The van der Waals surface area contributed by atoms with Crippen molar-refractivity contribution in [2.75, 3.05) is 0 Å². The number of aliphatic hydroxyl groups is 1. The summed E-state index contributed by atoms with van der Waals surface area (Å²) in [5.41, 5.74) is 1.52. The molecule has 1 aromatic heterocycles. The number of aromatic amines is 1. The van der Waals surface area contributed by atoms with Crippen molar-refractivity contribution in [1.82, 2.24) is 10.2 Å². The second-order valence-corrected chi connectivity index (χ2v) is 3.06. The molecule has 1 atom stereocenters. The molecule has 1 heterocycles. The molecule has 0 aliphatic rings. The highest BCUT2D eigenvalue weighted by Crippen LogP contribution is 2.23. The van der Waals surface area contributed by atoms with E-state index in [0.717, 1.165) is 16.5 Å². The van der Waals surface area contributed by atoms with E-state index in [-0.39, 0.29) is 6.42 Å². The number of nitrogens with zero attached hydrogens (tertiary/aromatic N) is 2. The minimum absolute atomic E-state index is 0.0954. The van der Waals surface area contributed by atoms with E-state index in [1.807, 2.05) is 18.2 Å². The highest BCUT2D eigenvalue weighted by Gasteiger charge is 2.11. The van der Waals surface area contributed by atoms with Gasteiger partial charge in [-0.1, -0.05) is 18.2 Å². The molecule has 0 amide bonds. The summed E-state index contributed by atoms with van der Waals surface area (Å²) in [6.45, 7) is 0. The van der Waals surface area contributed by atoms with Gasteiger partial charge in [-0.2, -0.15) is 10.4 Å². The molecule has 0 saturated heterocycles. The third kappa shape index (κ3) is 1.34. The molecule has 0 radical (unpaired) electrons.